The third-order valence-electron chi connectivity index (χ3n) is 3.45. The highest BCUT2D eigenvalue weighted by Gasteiger charge is 2.26. The molecule has 1 atom stereocenters. The number of rotatable bonds is 2. The van der Waals surface area contributed by atoms with E-state index in [0.29, 0.717) is 0 Å². The lowest BCUT2D eigenvalue weighted by Crippen LogP contribution is -2.46. The number of fused-ring (bicyclic) bond motifs is 1. The SMILES string of the molecule is BrC1C=Cc2ncc(I)n2N1CC1CCSCC1. The molecule has 6 heteroatoms. The third kappa shape index (κ3) is 2.60. The average Bonchev–Trinajstić information content (AvgIpc) is 2.76. The lowest BCUT2D eigenvalue weighted by molar-refractivity contribution is 0.430. The molecule has 3 heterocycles. The van der Waals surface area contributed by atoms with Crippen LogP contribution in [0.2, 0.25) is 0 Å². The average molecular weight is 440 g/mol. The van der Waals surface area contributed by atoms with Crippen LogP contribution in [-0.2, 0) is 0 Å². The van der Waals surface area contributed by atoms with Crippen LogP contribution in [0.1, 0.15) is 18.7 Å². The fourth-order valence-electron chi connectivity index (χ4n) is 2.46. The highest BCUT2D eigenvalue weighted by atomic mass is 127. The number of aromatic nitrogens is 2. The van der Waals surface area contributed by atoms with Gasteiger partial charge in [-0.05, 0) is 65.0 Å². The summed E-state index contributed by atoms with van der Waals surface area (Å²) in [5.74, 6) is 4.48. The summed E-state index contributed by atoms with van der Waals surface area (Å²) < 4.78 is 3.42. The summed E-state index contributed by atoms with van der Waals surface area (Å²) >= 11 is 8.20. The summed E-state index contributed by atoms with van der Waals surface area (Å²) in [6, 6.07) is 0. The predicted molar refractivity (Wildman–Crippen MR) is 89.8 cm³/mol. The minimum absolute atomic E-state index is 0.280. The molecule has 3 nitrogen and oxygen atoms in total. The van der Waals surface area contributed by atoms with Gasteiger partial charge in [0.1, 0.15) is 8.65 Å². The quantitative estimate of drug-likeness (QED) is 0.400. The Kier molecular flexibility index (Phi) is 4.25. The highest BCUT2D eigenvalue weighted by molar-refractivity contribution is 14.1. The van der Waals surface area contributed by atoms with Gasteiger partial charge in [0.2, 0.25) is 0 Å². The molecule has 18 heavy (non-hydrogen) atoms. The minimum atomic E-state index is 0.280. The van der Waals surface area contributed by atoms with Gasteiger partial charge < -0.3 is 0 Å². The second-order valence-electron chi connectivity index (χ2n) is 4.66. The number of nitrogens with zero attached hydrogens (tertiary/aromatic N) is 3. The zero-order valence-electron chi connectivity index (χ0n) is 9.93. The standard InChI is InChI=1S/C12H15BrIN3S/c13-10-1-2-12-15-7-11(14)17(12)16(10)8-9-3-5-18-6-4-9/h1-2,7,9-10H,3-6,8H2. The molecule has 0 bridgehead atoms. The van der Waals surface area contributed by atoms with E-state index >= 15 is 0 Å². The molecule has 0 radical (unpaired) electrons. The summed E-state index contributed by atoms with van der Waals surface area (Å²) in [7, 11) is 0. The van der Waals surface area contributed by atoms with E-state index in [1.165, 1.54) is 28.0 Å². The van der Waals surface area contributed by atoms with Crippen LogP contribution in [0.4, 0.5) is 0 Å². The Balaban J connectivity index is 1.81. The van der Waals surface area contributed by atoms with Crippen LogP contribution in [0.15, 0.2) is 12.3 Å². The zero-order valence-corrected chi connectivity index (χ0v) is 14.5. The molecule has 0 aromatic carbocycles. The normalized spacial score (nSPS) is 24.3. The topological polar surface area (TPSA) is 21.1 Å². The number of hydrogen-bond donors (Lipinski definition) is 0. The second kappa shape index (κ2) is 5.75. The number of thioether (sulfide) groups is 1. The molecule has 1 saturated heterocycles. The first kappa shape index (κ1) is 13.3. The van der Waals surface area contributed by atoms with Gasteiger partial charge in [-0.2, -0.15) is 11.8 Å². The maximum absolute atomic E-state index is 4.44. The Bertz CT molecular complexity index is 456. The molecular weight excluding hydrogens is 425 g/mol. The summed E-state index contributed by atoms with van der Waals surface area (Å²) in [5.41, 5.74) is 0. The number of alkyl halides is 1. The van der Waals surface area contributed by atoms with Crippen molar-refractivity contribution < 1.29 is 0 Å². The Hall–Kier alpha value is 0.310. The fraction of sp³-hybridized carbons (Fsp3) is 0.583. The molecule has 0 aliphatic carbocycles. The number of hydrogen-bond acceptors (Lipinski definition) is 3. The summed E-state index contributed by atoms with van der Waals surface area (Å²) in [5, 5.41) is 2.39. The van der Waals surface area contributed by atoms with Crippen LogP contribution in [-0.4, -0.2) is 32.7 Å². The highest BCUT2D eigenvalue weighted by Crippen LogP contribution is 2.27. The van der Waals surface area contributed by atoms with Gasteiger partial charge in [0.05, 0.1) is 6.20 Å². The Morgan fingerprint density at radius 1 is 1.44 bits per heavy atom. The molecule has 3 rings (SSSR count). The van der Waals surface area contributed by atoms with E-state index in [0.717, 1.165) is 18.3 Å². The van der Waals surface area contributed by atoms with E-state index in [1.54, 1.807) is 0 Å². The van der Waals surface area contributed by atoms with Gasteiger partial charge in [0, 0.05) is 6.54 Å². The molecular formula is C12H15BrIN3S. The first-order chi connectivity index (χ1) is 8.75. The van der Waals surface area contributed by atoms with Gasteiger partial charge in [-0.15, -0.1) is 0 Å². The van der Waals surface area contributed by atoms with E-state index in [4.69, 9.17) is 0 Å². The monoisotopic (exact) mass is 439 g/mol. The smallest absolute Gasteiger partial charge is 0.152 e. The zero-order chi connectivity index (χ0) is 12.5. The third-order valence-corrected chi connectivity index (χ3v) is 6.02. The fourth-order valence-corrected chi connectivity index (χ4v) is 4.83. The predicted octanol–water partition coefficient (Wildman–Crippen LogP) is 3.32. The van der Waals surface area contributed by atoms with Crippen molar-refractivity contribution in [3.63, 3.8) is 0 Å². The largest absolute Gasteiger partial charge is 0.293 e. The molecule has 0 spiro atoms. The number of imidazole rings is 1. The molecule has 2 aliphatic heterocycles. The van der Waals surface area contributed by atoms with E-state index in [-0.39, 0.29) is 4.95 Å². The molecule has 0 amide bonds. The van der Waals surface area contributed by atoms with Crippen molar-refractivity contribution in [2.45, 2.75) is 17.8 Å². The lowest BCUT2D eigenvalue weighted by atomic mass is 10.0. The maximum Gasteiger partial charge on any atom is 0.152 e. The molecule has 0 saturated carbocycles. The molecule has 1 aromatic rings. The van der Waals surface area contributed by atoms with Crippen molar-refractivity contribution in [3.8, 4) is 0 Å². The Morgan fingerprint density at radius 3 is 3.00 bits per heavy atom. The van der Waals surface area contributed by atoms with Crippen molar-refractivity contribution in [3.05, 3.63) is 21.8 Å². The first-order valence-electron chi connectivity index (χ1n) is 6.16. The molecule has 1 fully saturated rings. The van der Waals surface area contributed by atoms with Crippen molar-refractivity contribution in [2.24, 2.45) is 5.92 Å². The lowest BCUT2D eigenvalue weighted by Gasteiger charge is -2.36. The van der Waals surface area contributed by atoms with Crippen LogP contribution in [0.3, 0.4) is 0 Å². The molecule has 0 N–H and O–H groups in total. The van der Waals surface area contributed by atoms with Crippen LogP contribution >= 0.6 is 50.3 Å². The van der Waals surface area contributed by atoms with Gasteiger partial charge >= 0.3 is 0 Å². The second-order valence-corrected chi connectivity index (χ2v) is 7.93. The van der Waals surface area contributed by atoms with Crippen molar-refractivity contribution in [2.75, 3.05) is 23.1 Å². The van der Waals surface area contributed by atoms with E-state index < -0.39 is 0 Å². The molecule has 2 aliphatic rings. The van der Waals surface area contributed by atoms with Crippen molar-refractivity contribution in [1.82, 2.24) is 9.66 Å². The van der Waals surface area contributed by atoms with Gasteiger partial charge in [0.25, 0.3) is 0 Å². The Morgan fingerprint density at radius 2 is 2.22 bits per heavy atom. The van der Waals surface area contributed by atoms with Crippen LogP contribution in [0.5, 0.6) is 0 Å². The number of halogens is 2. The molecule has 1 unspecified atom stereocenters. The van der Waals surface area contributed by atoms with E-state index in [9.17, 15) is 0 Å². The maximum atomic E-state index is 4.44. The van der Waals surface area contributed by atoms with Crippen molar-refractivity contribution >= 4 is 56.4 Å². The van der Waals surface area contributed by atoms with E-state index in [1.807, 2.05) is 6.20 Å². The van der Waals surface area contributed by atoms with Crippen LogP contribution in [0, 0.1) is 9.62 Å². The van der Waals surface area contributed by atoms with Gasteiger partial charge in [-0.3, -0.25) is 5.01 Å². The molecule has 98 valence electrons. The van der Waals surface area contributed by atoms with Crippen LogP contribution in [0.25, 0.3) is 6.08 Å². The summed E-state index contributed by atoms with van der Waals surface area (Å²) in [6.45, 7) is 1.11. The van der Waals surface area contributed by atoms with Crippen molar-refractivity contribution in [1.29, 1.82) is 0 Å². The minimum Gasteiger partial charge on any atom is -0.293 e. The summed E-state index contributed by atoms with van der Waals surface area (Å²) in [4.78, 5) is 4.72. The Labute approximate surface area is 134 Å². The van der Waals surface area contributed by atoms with Gasteiger partial charge in [-0.1, -0.05) is 15.9 Å². The van der Waals surface area contributed by atoms with E-state index in [2.05, 4.69) is 77.1 Å². The van der Waals surface area contributed by atoms with Crippen LogP contribution < -0.4 is 5.01 Å². The van der Waals surface area contributed by atoms with Gasteiger partial charge in [-0.25, -0.2) is 9.66 Å². The first-order valence-corrected chi connectivity index (χ1v) is 9.31. The summed E-state index contributed by atoms with van der Waals surface area (Å²) in [6.07, 6.45) is 8.89. The van der Waals surface area contributed by atoms with Gasteiger partial charge in [0.15, 0.2) is 5.82 Å². The molecule has 1 aromatic heterocycles.